The normalized spacial score (nSPS) is 38.3. The highest BCUT2D eigenvalue weighted by atomic mass is 35.5. The van der Waals surface area contributed by atoms with Gasteiger partial charge in [-0.1, -0.05) is 30.3 Å². The van der Waals surface area contributed by atoms with Crippen molar-refractivity contribution < 1.29 is 23.7 Å². The summed E-state index contributed by atoms with van der Waals surface area (Å²) in [5.41, 5.74) is 0.984. The van der Waals surface area contributed by atoms with Gasteiger partial charge in [0.05, 0.1) is 0 Å². The zero-order valence-electron chi connectivity index (χ0n) is 15.3. The van der Waals surface area contributed by atoms with Gasteiger partial charge in [0.15, 0.2) is 18.4 Å². The van der Waals surface area contributed by atoms with Crippen LogP contribution in [-0.2, 0) is 23.7 Å². The van der Waals surface area contributed by atoms with Crippen molar-refractivity contribution in [2.75, 3.05) is 26.0 Å². The van der Waals surface area contributed by atoms with Crippen molar-refractivity contribution in [3.05, 3.63) is 35.9 Å². The summed E-state index contributed by atoms with van der Waals surface area (Å²) in [5.74, 6) is -0.0996. The second-order valence-corrected chi connectivity index (χ2v) is 7.92. The number of nitrogens with zero attached hydrogens (tertiary/aromatic N) is 1. The van der Waals surface area contributed by atoms with Gasteiger partial charge in [0.25, 0.3) is 0 Å². The van der Waals surface area contributed by atoms with E-state index in [2.05, 4.69) is 4.90 Å². The van der Waals surface area contributed by atoms with Crippen molar-refractivity contribution >= 4 is 11.6 Å². The first kappa shape index (κ1) is 18.6. The lowest BCUT2D eigenvalue weighted by Gasteiger charge is -2.41. The van der Waals surface area contributed by atoms with Crippen molar-refractivity contribution in [1.82, 2.24) is 4.90 Å². The molecular weight excluding hydrogens is 358 g/mol. The molecule has 144 valence electrons. The Balaban J connectivity index is 1.56. The SMILES string of the molecule is CN(CCCl)CC1OC(c2ccccc2)OC2C1OC1OC(C)(C)OC12. The molecule has 0 aliphatic carbocycles. The lowest BCUT2D eigenvalue weighted by molar-refractivity contribution is -0.310. The summed E-state index contributed by atoms with van der Waals surface area (Å²) in [6.07, 6.45) is -1.78. The van der Waals surface area contributed by atoms with Gasteiger partial charge in [-0.3, -0.25) is 0 Å². The Morgan fingerprint density at radius 3 is 2.50 bits per heavy atom. The van der Waals surface area contributed by atoms with Gasteiger partial charge < -0.3 is 28.6 Å². The van der Waals surface area contributed by atoms with E-state index in [4.69, 9.17) is 35.3 Å². The predicted octanol–water partition coefficient (Wildman–Crippen LogP) is 2.52. The molecule has 3 aliphatic heterocycles. The minimum Gasteiger partial charge on any atom is -0.341 e. The van der Waals surface area contributed by atoms with Crippen LogP contribution in [0.2, 0.25) is 0 Å². The highest BCUT2D eigenvalue weighted by Gasteiger charge is 2.60. The van der Waals surface area contributed by atoms with E-state index in [-0.39, 0.29) is 24.4 Å². The monoisotopic (exact) mass is 383 g/mol. The van der Waals surface area contributed by atoms with Crippen molar-refractivity contribution in [3.8, 4) is 0 Å². The number of halogens is 1. The van der Waals surface area contributed by atoms with Gasteiger partial charge in [0.1, 0.15) is 24.4 Å². The maximum atomic E-state index is 6.28. The minimum atomic E-state index is -0.672. The molecule has 3 fully saturated rings. The Morgan fingerprint density at radius 2 is 1.77 bits per heavy atom. The summed E-state index contributed by atoms with van der Waals surface area (Å²) in [6, 6.07) is 9.96. The third-order valence-corrected chi connectivity index (χ3v) is 5.17. The fraction of sp³-hybridized carbons (Fsp3) is 0.684. The molecule has 7 heteroatoms. The molecular formula is C19H26ClNO5. The largest absolute Gasteiger partial charge is 0.341 e. The van der Waals surface area contributed by atoms with Crippen LogP contribution < -0.4 is 0 Å². The van der Waals surface area contributed by atoms with Crippen LogP contribution in [0.5, 0.6) is 0 Å². The first-order chi connectivity index (χ1) is 12.5. The summed E-state index contributed by atoms with van der Waals surface area (Å²) < 4.78 is 30.7. The molecule has 0 bridgehead atoms. The van der Waals surface area contributed by atoms with Crippen molar-refractivity contribution in [2.45, 2.75) is 56.6 Å². The maximum Gasteiger partial charge on any atom is 0.190 e. The van der Waals surface area contributed by atoms with Crippen LogP contribution in [-0.4, -0.2) is 67.4 Å². The van der Waals surface area contributed by atoms with E-state index in [1.54, 1.807) is 0 Å². The second kappa shape index (κ2) is 7.36. The van der Waals surface area contributed by atoms with Crippen LogP contribution in [0.3, 0.4) is 0 Å². The van der Waals surface area contributed by atoms with E-state index in [0.717, 1.165) is 12.1 Å². The maximum absolute atomic E-state index is 6.28. The first-order valence-corrected chi connectivity index (χ1v) is 9.62. The third kappa shape index (κ3) is 3.64. The molecule has 3 aliphatic rings. The molecule has 1 aromatic rings. The number of hydrogen-bond acceptors (Lipinski definition) is 6. The van der Waals surface area contributed by atoms with Crippen LogP contribution >= 0.6 is 11.6 Å². The molecule has 26 heavy (non-hydrogen) atoms. The zero-order chi connectivity index (χ0) is 18.3. The molecule has 0 amide bonds. The molecule has 3 heterocycles. The third-order valence-electron chi connectivity index (χ3n) is 5.00. The van der Waals surface area contributed by atoms with Crippen LogP contribution in [0.25, 0.3) is 0 Å². The highest BCUT2D eigenvalue weighted by molar-refractivity contribution is 6.18. The van der Waals surface area contributed by atoms with Crippen LogP contribution in [0.4, 0.5) is 0 Å². The molecule has 0 spiro atoms. The van der Waals surface area contributed by atoms with Crippen molar-refractivity contribution in [3.63, 3.8) is 0 Å². The lowest BCUT2D eigenvalue weighted by atomic mass is 10.0. The second-order valence-electron chi connectivity index (χ2n) is 7.54. The first-order valence-electron chi connectivity index (χ1n) is 9.08. The van der Waals surface area contributed by atoms with Gasteiger partial charge in [0, 0.05) is 24.5 Å². The summed E-state index contributed by atoms with van der Waals surface area (Å²) in [7, 11) is 2.03. The smallest absolute Gasteiger partial charge is 0.190 e. The Hall–Kier alpha value is -0.730. The fourth-order valence-electron chi connectivity index (χ4n) is 3.83. The summed E-state index contributed by atoms with van der Waals surface area (Å²) in [4.78, 5) is 2.14. The molecule has 6 unspecified atom stereocenters. The Bertz CT molecular complexity index is 615. The molecule has 6 atom stereocenters. The quantitative estimate of drug-likeness (QED) is 0.728. The fourth-order valence-corrected chi connectivity index (χ4v) is 4.11. The van der Waals surface area contributed by atoms with E-state index in [1.807, 2.05) is 51.2 Å². The van der Waals surface area contributed by atoms with Gasteiger partial charge in [0.2, 0.25) is 0 Å². The lowest BCUT2D eigenvalue weighted by Crippen LogP contribution is -2.53. The number of benzene rings is 1. The topological polar surface area (TPSA) is 49.4 Å². The van der Waals surface area contributed by atoms with E-state index in [0.29, 0.717) is 12.4 Å². The van der Waals surface area contributed by atoms with Crippen molar-refractivity contribution in [2.24, 2.45) is 0 Å². The van der Waals surface area contributed by atoms with Crippen LogP contribution in [0.1, 0.15) is 25.7 Å². The summed E-state index contributed by atoms with van der Waals surface area (Å²) >= 11 is 5.88. The standard InChI is InChI=1S/C19H26ClNO5/c1-19(2)25-16-15-14(23-18(16)26-19)13(11-21(3)10-9-20)22-17(24-15)12-7-5-4-6-8-12/h4-8,13-18H,9-11H2,1-3H3. The van der Waals surface area contributed by atoms with Gasteiger partial charge >= 0.3 is 0 Å². The number of hydrogen-bond donors (Lipinski definition) is 0. The van der Waals surface area contributed by atoms with Gasteiger partial charge in [-0.05, 0) is 20.9 Å². The predicted molar refractivity (Wildman–Crippen MR) is 95.8 cm³/mol. The average molecular weight is 384 g/mol. The molecule has 3 saturated heterocycles. The molecule has 0 aromatic heterocycles. The molecule has 6 nitrogen and oxygen atoms in total. The average Bonchev–Trinajstić information content (AvgIpc) is 3.08. The van der Waals surface area contributed by atoms with E-state index < -0.39 is 18.4 Å². The number of alkyl halides is 1. The molecule has 4 rings (SSSR count). The van der Waals surface area contributed by atoms with Gasteiger partial charge in [-0.25, -0.2) is 0 Å². The van der Waals surface area contributed by atoms with E-state index in [1.165, 1.54) is 0 Å². The minimum absolute atomic E-state index is 0.159. The Labute approximate surface area is 159 Å². The van der Waals surface area contributed by atoms with E-state index >= 15 is 0 Å². The van der Waals surface area contributed by atoms with E-state index in [9.17, 15) is 0 Å². The van der Waals surface area contributed by atoms with Crippen LogP contribution in [0, 0.1) is 0 Å². The summed E-state index contributed by atoms with van der Waals surface area (Å²) in [6.45, 7) is 5.26. The Kier molecular flexibility index (Phi) is 5.27. The van der Waals surface area contributed by atoms with Gasteiger partial charge in [-0.15, -0.1) is 11.6 Å². The van der Waals surface area contributed by atoms with Crippen LogP contribution in [0.15, 0.2) is 30.3 Å². The number of fused-ring (bicyclic) bond motifs is 3. The molecule has 1 aromatic carbocycles. The summed E-state index contributed by atoms with van der Waals surface area (Å²) in [5, 5.41) is 0. The number of ether oxygens (including phenoxy) is 5. The van der Waals surface area contributed by atoms with Gasteiger partial charge in [-0.2, -0.15) is 0 Å². The Morgan fingerprint density at radius 1 is 1.00 bits per heavy atom. The molecule has 0 N–H and O–H groups in total. The number of rotatable bonds is 5. The highest BCUT2D eigenvalue weighted by Crippen LogP contribution is 2.45. The zero-order valence-corrected chi connectivity index (χ0v) is 16.1. The molecule has 0 saturated carbocycles. The number of likely N-dealkylation sites (N-methyl/N-ethyl adjacent to an activating group) is 1. The molecule has 0 radical (unpaired) electrons. The van der Waals surface area contributed by atoms with Crippen molar-refractivity contribution in [1.29, 1.82) is 0 Å².